The molecule has 2 saturated carbocycles. The van der Waals surface area contributed by atoms with Crippen LogP contribution in [0.15, 0.2) is 6.20 Å². The quantitative estimate of drug-likeness (QED) is 0.623. The van der Waals surface area contributed by atoms with E-state index in [9.17, 15) is 18.0 Å². The summed E-state index contributed by atoms with van der Waals surface area (Å²) in [7, 11) is 0. The largest absolute Gasteiger partial charge is 0.392 e. The van der Waals surface area contributed by atoms with Crippen molar-refractivity contribution in [2.24, 2.45) is 11.8 Å². The predicted molar refractivity (Wildman–Crippen MR) is 86.8 cm³/mol. The molecule has 25 heavy (non-hydrogen) atoms. The second-order valence-corrected chi connectivity index (χ2v) is 7.78. The number of hydrogen-bond donors (Lipinski definition) is 2. The van der Waals surface area contributed by atoms with Crippen LogP contribution >= 0.6 is 11.3 Å². The fourth-order valence-electron chi connectivity index (χ4n) is 3.63. The summed E-state index contributed by atoms with van der Waals surface area (Å²) < 4.78 is 39.7. The van der Waals surface area contributed by atoms with Gasteiger partial charge in [-0.1, -0.05) is 12.8 Å². The van der Waals surface area contributed by atoms with E-state index < -0.39 is 18.0 Å². The maximum Gasteiger partial charge on any atom is 0.392 e. The molecule has 0 aromatic carbocycles. The van der Waals surface area contributed by atoms with Crippen LogP contribution in [0.5, 0.6) is 0 Å². The Labute approximate surface area is 147 Å². The first-order chi connectivity index (χ1) is 11.9. The van der Waals surface area contributed by atoms with Crippen LogP contribution in [-0.2, 0) is 4.79 Å². The van der Waals surface area contributed by atoms with Gasteiger partial charge in [0, 0.05) is 29.0 Å². The molecule has 0 spiro atoms. The van der Waals surface area contributed by atoms with Gasteiger partial charge in [-0.2, -0.15) is 18.4 Å². The number of carbonyl (C=O) groups is 1. The maximum atomic E-state index is 13.2. The number of alkyl halides is 3. The molecule has 0 radical (unpaired) electrons. The summed E-state index contributed by atoms with van der Waals surface area (Å²) in [5, 5.41) is 14.2. The molecular formula is C16H19F3N4OS. The first-order valence-electron chi connectivity index (χ1n) is 8.36. The molecule has 2 aliphatic rings. The standard InChI is InChI=1S/C16H19F3N4OS/c17-16(18,19)12-4-2-1-3-11(12)13-7-21-15(25-13)23-14(24)9-5-10(6-9)22-8-20/h7,9-12,22H,1-6H2,(H,21,23,24)/t9-,10-,11-,12-/m0/s1. The molecule has 0 saturated heterocycles. The first kappa shape index (κ1) is 18.0. The van der Waals surface area contributed by atoms with Crippen molar-refractivity contribution in [2.45, 2.75) is 56.7 Å². The van der Waals surface area contributed by atoms with Gasteiger partial charge in [-0.25, -0.2) is 4.98 Å². The molecule has 0 aliphatic heterocycles. The molecule has 1 heterocycles. The average molecular weight is 372 g/mol. The number of nitrogens with one attached hydrogen (secondary N) is 2. The number of halogens is 3. The van der Waals surface area contributed by atoms with Gasteiger partial charge >= 0.3 is 6.18 Å². The third-order valence-electron chi connectivity index (χ3n) is 5.08. The lowest BCUT2D eigenvalue weighted by molar-refractivity contribution is -0.187. The highest BCUT2D eigenvalue weighted by Crippen LogP contribution is 2.48. The monoisotopic (exact) mass is 372 g/mol. The van der Waals surface area contributed by atoms with E-state index in [0.717, 1.165) is 17.8 Å². The molecule has 2 atom stereocenters. The minimum atomic E-state index is -4.20. The van der Waals surface area contributed by atoms with Crippen molar-refractivity contribution in [3.63, 3.8) is 0 Å². The molecule has 9 heteroatoms. The number of nitriles is 1. The zero-order chi connectivity index (χ0) is 18.0. The minimum Gasteiger partial charge on any atom is -0.321 e. The van der Waals surface area contributed by atoms with Crippen LogP contribution in [0.25, 0.3) is 0 Å². The second-order valence-electron chi connectivity index (χ2n) is 6.72. The lowest BCUT2D eigenvalue weighted by atomic mass is 9.78. The first-order valence-corrected chi connectivity index (χ1v) is 9.18. The van der Waals surface area contributed by atoms with Gasteiger partial charge in [-0.3, -0.25) is 4.79 Å². The fourth-order valence-corrected chi connectivity index (χ4v) is 4.65. The van der Waals surface area contributed by atoms with Crippen LogP contribution in [0.2, 0.25) is 0 Å². The van der Waals surface area contributed by atoms with Crippen molar-refractivity contribution >= 4 is 22.4 Å². The van der Waals surface area contributed by atoms with E-state index in [-0.39, 0.29) is 24.3 Å². The molecule has 5 nitrogen and oxygen atoms in total. The van der Waals surface area contributed by atoms with Crippen LogP contribution < -0.4 is 10.6 Å². The number of anilines is 1. The summed E-state index contributed by atoms with van der Waals surface area (Å²) in [6, 6.07) is 0.0300. The molecule has 1 aromatic rings. The molecule has 0 unspecified atom stereocenters. The predicted octanol–water partition coefficient (Wildman–Crippen LogP) is 3.77. The van der Waals surface area contributed by atoms with Gasteiger partial charge in [0.05, 0.1) is 5.92 Å². The summed E-state index contributed by atoms with van der Waals surface area (Å²) >= 11 is 1.14. The van der Waals surface area contributed by atoms with Gasteiger partial charge in [0.15, 0.2) is 11.3 Å². The Hall–Kier alpha value is -1.82. The van der Waals surface area contributed by atoms with E-state index in [1.165, 1.54) is 6.20 Å². The average Bonchev–Trinajstić information content (AvgIpc) is 2.98. The van der Waals surface area contributed by atoms with Gasteiger partial charge in [0.25, 0.3) is 0 Å². The minimum absolute atomic E-state index is 0.0300. The van der Waals surface area contributed by atoms with Crippen molar-refractivity contribution in [3.8, 4) is 6.19 Å². The number of nitrogens with zero attached hydrogens (tertiary/aromatic N) is 2. The zero-order valence-corrected chi connectivity index (χ0v) is 14.3. The Morgan fingerprint density at radius 2 is 2.04 bits per heavy atom. The number of thiazole rings is 1. The van der Waals surface area contributed by atoms with Crippen molar-refractivity contribution in [1.82, 2.24) is 10.3 Å². The van der Waals surface area contributed by atoms with Crippen LogP contribution in [-0.4, -0.2) is 23.1 Å². The molecule has 1 aromatic heterocycles. The SMILES string of the molecule is N#CN[C@H]1C[C@H](C(=O)Nc2ncc([C@H]3CCCC[C@@H]3C(F)(F)F)s2)C1. The van der Waals surface area contributed by atoms with E-state index in [1.807, 2.05) is 6.19 Å². The van der Waals surface area contributed by atoms with Crippen LogP contribution in [0.1, 0.15) is 49.3 Å². The summed E-state index contributed by atoms with van der Waals surface area (Å²) in [4.78, 5) is 16.8. The van der Waals surface area contributed by atoms with Crippen LogP contribution in [0, 0.1) is 23.3 Å². The zero-order valence-electron chi connectivity index (χ0n) is 13.5. The van der Waals surface area contributed by atoms with Crippen molar-refractivity contribution in [1.29, 1.82) is 5.26 Å². The van der Waals surface area contributed by atoms with Gasteiger partial charge in [0.1, 0.15) is 0 Å². The number of aromatic nitrogens is 1. The third-order valence-corrected chi connectivity index (χ3v) is 6.13. The Kier molecular flexibility index (Phi) is 5.18. The summed E-state index contributed by atoms with van der Waals surface area (Å²) in [6.07, 6.45) is 2.32. The number of amides is 1. The smallest absolute Gasteiger partial charge is 0.321 e. The van der Waals surface area contributed by atoms with Crippen molar-refractivity contribution in [3.05, 3.63) is 11.1 Å². The number of rotatable bonds is 4. The molecule has 1 amide bonds. The number of hydrogen-bond acceptors (Lipinski definition) is 5. The van der Waals surface area contributed by atoms with E-state index in [1.54, 1.807) is 0 Å². The van der Waals surface area contributed by atoms with E-state index >= 15 is 0 Å². The van der Waals surface area contributed by atoms with E-state index in [2.05, 4.69) is 15.6 Å². The Morgan fingerprint density at radius 1 is 1.32 bits per heavy atom. The molecule has 0 bridgehead atoms. The van der Waals surface area contributed by atoms with Crippen LogP contribution in [0.3, 0.4) is 0 Å². The molecule has 2 fully saturated rings. The van der Waals surface area contributed by atoms with Gasteiger partial charge in [-0.15, -0.1) is 11.3 Å². The lowest BCUT2D eigenvalue weighted by Gasteiger charge is -2.32. The van der Waals surface area contributed by atoms with Gasteiger partial charge in [0.2, 0.25) is 5.91 Å². The van der Waals surface area contributed by atoms with Crippen molar-refractivity contribution < 1.29 is 18.0 Å². The Bertz CT molecular complexity index is 663. The normalized spacial score (nSPS) is 29.4. The molecule has 2 aliphatic carbocycles. The third kappa shape index (κ3) is 4.06. The highest BCUT2D eigenvalue weighted by molar-refractivity contribution is 7.15. The maximum absolute atomic E-state index is 13.2. The fraction of sp³-hybridized carbons (Fsp3) is 0.688. The molecular weight excluding hydrogens is 353 g/mol. The molecule has 3 rings (SSSR count). The topological polar surface area (TPSA) is 77.8 Å². The van der Waals surface area contributed by atoms with E-state index in [0.29, 0.717) is 35.7 Å². The van der Waals surface area contributed by atoms with Crippen molar-refractivity contribution in [2.75, 3.05) is 5.32 Å². The number of carbonyl (C=O) groups excluding carboxylic acids is 1. The van der Waals surface area contributed by atoms with Gasteiger partial charge in [-0.05, 0) is 25.7 Å². The summed E-state index contributed by atoms with van der Waals surface area (Å²) in [6.45, 7) is 0. The Morgan fingerprint density at radius 3 is 2.72 bits per heavy atom. The highest BCUT2D eigenvalue weighted by atomic mass is 32.1. The molecule has 2 N–H and O–H groups in total. The van der Waals surface area contributed by atoms with Crippen LogP contribution in [0.4, 0.5) is 18.3 Å². The summed E-state index contributed by atoms with van der Waals surface area (Å²) in [5.74, 6) is -2.26. The highest BCUT2D eigenvalue weighted by Gasteiger charge is 2.46. The Balaban J connectivity index is 1.60. The summed E-state index contributed by atoms with van der Waals surface area (Å²) in [5.41, 5.74) is 0. The lowest BCUT2D eigenvalue weighted by Crippen LogP contribution is -2.44. The second kappa shape index (κ2) is 7.20. The van der Waals surface area contributed by atoms with E-state index in [4.69, 9.17) is 5.26 Å². The molecule has 136 valence electrons. The van der Waals surface area contributed by atoms with Gasteiger partial charge < -0.3 is 10.6 Å².